The molecule has 0 fully saturated rings. The van der Waals surface area contributed by atoms with Gasteiger partial charge in [-0.2, -0.15) is 28.8 Å². The van der Waals surface area contributed by atoms with E-state index >= 15 is 0 Å². The van der Waals surface area contributed by atoms with E-state index in [9.17, 15) is 18.4 Å². The van der Waals surface area contributed by atoms with Gasteiger partial charge >= 0.3 is 6.18 Å². The predicted molar refractivity (Wildman–Crippen MR) is 93.2 cm³/mol. The van der Waals surface area contributed by atoms with Crippen LogP contribution in [-0.2, 0) is 6.18 Å². The fourth-order valence-corrected chi connectivity index (χ4v) is 2.82. The van der Waals surface area contributed by atoms with Crippen molar-refractivity contribution in [2.45, 2.75) is 6.18 Å². The first-order valence-corrected chi connectivity index (χ1v) is 7.72. The second-order valence-corrected chi connectivity index (χ2v) is 5.87. The Labute approximate surface area is 157 Å². The lowest BCUT2D eigenvalue weighted by Gasteiger charge is -2.19. The molecule has 9 heteroatoms. The Hall–Kier alpha value is -2.74. The van der Waals surface area contributed by atoms with Crippen molar-refractivity contribution in [2.24, 2.45) is 5.10 Å². The smallest absolute Gasteiger partial charge is 0.264 e. The lowest BCUT2D eigenvalue weighted by atomic mass is 10.1. The normalized spacial score (nSPS) is 11.6. The first kappa shape index (κ1) is 19.6. The van der Waals surface area contributed by atoms with E-state index in [1.807, 2.05) is 12.1 Å². The molecular weight excluding hydrogens is 388 g/mol. The predicted octanol–water partition coefficient (Wildman–Crippen LogP) is 5.25. The summed E-state index contributed by atoms with van der Waals surface area (Å²) in [5.41, 5.74) is -0.140. The quantitative estimate of drug-likeness (QED) is 0.525. The van der Waals surface area contributed by atoms with Crippen LogP contribution in [0.25, 0.3) is 0 Å². The molecule has 0 unspecified atom stereocenters. The minimum Gasteiger partial charge on any atom is -0.264 e. The molecule has 0 saturated carbocycles. The number of benzene rings is 2. The van der Waals surface area contributed by atoms with Crippen LogP contribution < -0.4 is 5.01 Å². The zero-order chi connectivity index (χ0) is 19.5. The van der Waals surface area contributed by atoms with Crippen LogP contribution in [0.15, 0.2) is 41.5 Å². The maximum absolute atomic E-state index is 12.8. The first-order chi connectivity index (χ1) is 12.2. The third-order valence-corrected chi connectivity index (χ3v) is 3.89. The average molecular weight is 397 g/mol. The van der Waals surface area contributed by atoms with Crippen molar-refractivity contribution in [3.05, 3.63) is 63.1 Å². The Morgan fingerprint density at radius 2 is 1.62 bits per heavy atom. The molecule has 0 aliphatic carbocycles. The highest BCUT2D eigenvalue weighted by Crippen LogP contribution is 2.40. The molecule has 0 radical (unpaired) electrons. The van der Waals surface area contributed by atoms with Gasteiger partial charge in [-0.15, -0.1) is 0 Å². The number of alkyl halides is 3. The molecular formula is C17H9Cl2F3N4. The van der Waals surface area contributed by atoms with Gasteiger partial charge in [0, 0.05) is 12.6 Å². The topological polar surface area (TPSA) is 63.2 Å². The van der Waals surface area contributed by atoms with Gasteiger partial charge in [0.25, 0.3) is 0 Å². The molecule has 2 aromatic rings. The summed E-state index contributed by atoms with van der Waals surface area (Å²) in [5.74, 6) is 0. The highest BCUT2D eigenvalue weighted by molar-refractivity contribution is 6.39. The number of hydrogen-bond donors (Lipinski definition) is 0. The van der Waals surface area contributed by atoms with Crippen molar-refractivity contribution in [3.8, 4) is 12.1 Å². The monoisotopic (exact) mass is 396 g/mol. The van der Waals surface area contributed by atoms with Gasteiger partial charge in [-0.25, -0.2) is 0 Å². The third kappa shape index (κ3) is 4.26. The molecule has 0 aliphatic rings. The van der Waals surface area contributed by atoms with E-state index in [-0.39, 0.29) is 21.4 Å². The number of halogens is 5. The number of nitrogens with zero attached hydrogens (tertiary/aromatic N) is 4. The van der Waals surface area contributed by atoms with E-state index in [0.29, 0.717) is 11.1 Å². The largest absolute Gasteiger partial charge is 0.416 e. The van der Waals surface area contributed by atoms with E-state index in [1.54, 1.807) is 0 Å². The summed E-state index contributed by atoms with van der Waals surface area (Å²) in [6.45, 7) is 0. The summed E-state index contributed by atoms with van der Waals surface area (Å²) in [5, 5.41) is 22.8. The highest BCUT2D eigenvalue weighted by atomic mass is 35.5. The Morgan fingerprint density at radius 1 is 1.08 bits per heavy atom. The SMILES string of the molecule is CN(N=C(C#N)c1ccc(C#N)cc1)c1c(Cl)cc(C(F)(F)F)cc1Cl. The molecule has 0 spiro atoms. The van der Waals surface area contributed by atoms with Crippen LogP contribution in [-0.4, -0.2) is 12.8 Å². The molecule has 0 atom stereocenters. The van der Waals surface area contributed by atoms with Gasteiger partial charge in [-0.05, 0) is 24.3 Å². The van der Waals surface area contributed by atoms with Gasteiger partial charge in [0.15, 0.2) is 5.71 Å². The number of hydrogen-bond acceptors (Lipinski definition) is 4. The number of anilines is 1. The minimum atomic E-state index is -4.59. The van der Waals surface area contributed by atoms with Crippen molar-refractivity contribution in [1.29, 1.82) is 10.5 Å². The maximum Gasteiger partial charge on any atom is 0.416 e. The summed E-state index contributed by atoms with van der Waals surface area (Å²) in [6, 6.07) is 11.4. The molecule has 0 N–H and O–H groups in total. The fourth-order valence-electron chi connectivity index (χ4n) is 2.09. The van der Waals surface area contributed by atoms with Gasteiger partial charge in [0.05, 0.1) is 32.9 Å². The standard InChI is InChI=1S/C17H9Cl2F3N4/c1-26(16-13(18)6-12(7-14(16)19)17(20,21)22)25-15(9-24)11-4-2-10(8-23)3-5-11/h2-7H,1H3. The summed E-state index contributed by atoms with van der Waals surface area (Å²) in [7, 11) is 1.40. The minimum absolute atomic E-state index is 0.0241. The fraction of sp³-hybridized carbons (Fsp3) is 0.118. The van der Waals surface area contributed by atoms with Gasteiger partial charge in [0.2, 0.25) is 0 Å². The van der Waals surface area contributed by atoms with Crippen LogP contribution in [0, 0.1) is 22.7 Å². The van der Waals surface area contributed by atoms with Crippen molar-refractivity contribution in [1.82, 2.24) is 0 Å². The molecule has 26 heavy (non-hydrogen) atoms. The second-order valence-electron chi connectivity index (χ2n) is 5.06. The Balaban J connectivity index is 2.44. The van der Waals surface area contributed by atoms with Gasteiger partial charge in [0.1, 0.15) is 6.07 Å². The van der Waals surface area contributed by atoms with Gasteiger partial charge < -0.3 is 0 Å². The summed E-state index contributed by atoms with van der Waals surface area (Å²) < 4.78 is 38.4. The molecule has 2 aromatic carbocycles. The van der Waals surface area contributed by atoms with Crippen molar-refractivity contribution >= 4 is 34.6 Å². The second kappa shape index (κ2) is 7.65. The lowest BCUT2D eigenvalue weighted by Crippen LogP contribution is -2.15. The summed E-state index contributed by atoms with van der Waals surface area (Å²) in [4.78, 5) is 0. The van der Waals surface area contributed by atoms with E-state index in [0.717, 1.165) is 17.1 Å². The molecule has 2 rings (SSSR count). The first-order valence-electron chi connectivity index (χ1n) is 6.96. The lowest BCUT2D eigenvalue weighted by molar-refractivity contribution is -0.137. The molecule has 0 heterocycles. The van der Waals surface area contributed by atoms with E-state index in [4.69, 9.17) is 28.5 Å². The molecule has 0 saturated heterocycles. The molecule has 4 nitrogen and oxygen atoms in total. The summed E-state index contributed by atoms with van der Waals surface area (Å²) >= 11 is 11.9. The summed E-state index contributed by atoms with van der Waals surface area (Å²) in [6.07, 6.45) is -4.59. The number of rotatable bonds is 3. The third-order valence-electron chi connectivity index (χ3n) is 3.31. The van der Waals surface area contributed by atoms with Crippen molar-refractivity contribution in [3.63, 3.8) is 0 Å². The molecule has 0 bridgehead atoms. The average Bonchev–Trinajstić information content (AvgIpc) is 2.58. The molecule has 132 valence electrons. The van der Waals surface area contributed by atoms with Crippen LogP contribution in [0.1, 0.15) is 16.7 Å². The van der Waals surface area contributed by atoms with Crippen molar-refractivity contribution < 1.29 is 13.2 Å². The van der Waals surface area contributed by atoms with Gasteiger partial charge in [-0.3, -0.25) is 5.01 Å². The molecule has 0 aromatic heterocycles. The van der Waals surface area contributed by atoms with E-state index in [2.05, 4.69) is 5.10 Å². The maximum atomic E-state index is 12.8. The number of hydrazone groups is 1. The van der Waals surface area contributed by atoms with Crippen LogP contribution >= 0.6 is 23.2 Å². The number of nitriles is 2. The molecule has 0 aliphatic heterocycles. The Morgan fingerprint density at radius 3 is 2.04 bits per heavy atom. The zero-order valence-corrected chi connectivity index (χ0v) is 14.7. The zero-order valence-electron chi connectivity index (χ0n) is 13.1. The van der Waals surface area contributed by atoms with Crippen LogP contribution in [0.3, 0.4) is 0 Å². The van der Waals surface area contributed by atoms with E-state index in [1.165, 1.54) is 31.3 Å². The van der Waals surface area contributed by atoms with Crippen LogP contribution in [0.2, 0.25) is 10.0 Å². The Kier molecular flexibility index (Phi) is 5.76. The van der Waals surface area contributed by atoms with E-state index < -0.39 is 11.7 Å². The van der Waals surface area contributed by atoms with Crippen LogP contribution in [0.4, 0.5) is 18.9 Å². The van der Waals surface area contributed by atoms with Crippen LogP contribution in [0.5, 0.6) is 0 Å². The van der Waals surface area contributed by atoms with Gasteiger partial charge in [-0.1, -0.05) is 35.3 Å². The molecule has 0 amide bonds. The Bertz CT molecular complexity index is 915. The highest BCUT2D eigenvalue weighted by Gasteiger charge is 2.32. The van der Waals surface area contributed by atoms with Crippen molar-refractivity contribution in [2.75, 3.05) is 12.1 Å².